The van der Waals surface area contributed by atoms with Crippen LogP contribution in [0.3, 0.4) is 0 Å². The van der Waals surface area contributed by atoms with Gasteiger partial charge in [-0.15, -0.1) is 0 Å². The first-order chi connectivity index (χ1) is 16.4. The molecular formula is C28H54N4O3. The standard InChI is InChI=1S/3C7H13NO.C7H15N/c3*1-5(2)6-3-4-7(9)8-6;1-6(2)7-4-3-5-8-7/h3*5-6H,3-4H2,1-2H3,(H,8,9);6-8H,3-5H2,1-2H3/t2*6-;;7-/m10.1/s1. The van der Waals surface area contributed by atoms with Gasteiger partial charge in [0.15, 0.2) is 0 Å². The Balaban J connectivity index is 0.000000234. The van der Waals surface area contributed by atoms with Gasteiger partial charge in [0.2, 0.25) is 17.7 Å². The van der Waals surface area contributed by atoms with Crippen molar-refractivity contribution in [3.8, 4) is 0 Å². The third kappa shape index (κ3) is 12.8. The van der Waals surface area contributed by atoms with Crippen LogP contribution in [0.15, 0.2) is 0 Å². The third-order valence-corrected chi connectivity index (χ3v) is 7.40. The molecule has 0 aliphatic carbocycles. The molecule has 4 fully saturated rings. The quantitative estimate of drug-likeness (QED) is 0.472. The van der Waals surface area contributed by atoms with E-state index in [9.17, 15) is 14.4 Å². The van der Waals surface area contributed by atoms with E-state index in [4.69, 9.17) is 0 Å². The van der Waals surface area contributed by atoms with Gasteiger partial charge in [0.25, 0.3) is 0 Å². The van der Waals surface area contributed by atoms with Gasteiger partial charge in [-0.1, -0.05) is 55.4 Å². The number of amides is 3. The van der Waals surface area contributed by atoms with E-state index in [1.54, 1.807) is 0 Å². The van der Waals surface area contributed by atoms with E-state index >= 15 is 0 Å². The molecule has 0 radical (unpaired) electrons. The Morgan fingerprint density at radius 3 is 0.943 bits per heavy atom. The van der Waals surface area contributed by atoms with Gasteiger partial charge in [-0.2, -0.15) is 0 Å². The monoisotopic (exact) mass is 494 g/mol. The highest BCUT2D eigenvalue weighted by molar-refractivity contribution is 5.79. The topological polar surface area (TPSA) is 99.3 Å². The minimum absolute atomic E-state index is 0.216. The highest BCUT2D eigenvalue weighted by Crippen LogP contribution is 2.15. The predicted molar refractivity (Wildman–Crippen MR) is 144 cm³/mol. The summed E-state index contributed by atoms with van der Waals surface area (Å²) >= 11 is 0. The van der Waals surface area contributed by atoms with Crippen LogP contribution in [0.4, 0.5) is 0 Å². The van der Waals surface area contributed by atoms with Gasteiger partial charge in [-0.05, 0) is 62.3 Å². The lowest BCUT2D eigenvalue weighted by Crippen LogP contribution is -2.29. The van der Waals surface area contributed by atoms with Crippen molar-refractivity contribution in [1.29, 1.82) is 0 Å². The molecule has 0 bridgehead atoms. The average Bonchev–Trinajstić information content (AvgIpc) is 3.57. The van der Waals surface area contributed by atoms with Crippen LogP contribution in [0.2, 0.25) is 0 Å². The largest absolute Gasteiger partial charge is 0.353 e. The van der Waals surface area contributed by atoms with Crippen LogP contribution in [0.25, 0.3) is 0 Å². The lowest BCUT2D eigenvalue weighted by atomic mass is 10.0. The van der Waals surface area contributed by atoms with Gasteiger partial charge in [0, 0.05) is 43.4 Å². The van der Waals surface area contributed by atoms with Crippen molar-refractivity contribution in [1.82, 2.24) is 21.3 Å². The van der Waals surface area contributed by atoms with Gasteiger partial charge in [-0.3, -0.25) is 14.4 Å². The van der Waals surface area contributed by atoms with E-state index in [2.05, 4.69) is 76.7 Å². The summed E-state index contributed by atoms with van der Waals surface area (Å²) in [6.45, 7) is 18.6. The van der Waals surface area contributed by atoms with E-state index < -0.39 is 0 Å². The van der Waals surface area contributed by atoms with Crippen molar-refractivity contribution in [2.45, 2.75) is 131 Å². The van der Waals surface area contributed by atoms with Crippen molar-refractivity contribution >= 4 is 17.7 Å². The summed E-state index contributed by atoms with van der Waals surface area (Å²) < 4.78 is 0. The van der Waals surface area contributed by atoms with Crippen LogP contribution in [0.5, 0.6) is 0 Å². The lowest BCUT2D eigenvalue weighted by molar-refractivity contribution is -0.120. The molecule has 0 aromatic heterocycles. The fourth-order valence-corrected chi connectivity index (χ4v) is 4.69. The second-order valence-electron chi connectivity index (χ2n) is 11.8. The zero-order chi connectivity index (χ0) is 26.5. The van der Waals surface area contributed by atoms with Crippen LogP contribution >= 0.6 is 0 Å². The van der Waals surface area contributed by atoms with Gasteiger partial charge < -0.3 is 21.3 Å². The van der Waals surface area contributed by atoms with Crippen LogP contribution in [0, 0.1) is 23.7 Å². The molecule has 4 saturated heterocycles. The molecule has 3 amide bonds. The summed E-state index contributed by atoms with van der Waals surface area (Å²) in [7, 11) is 0. The molecular weight excluding hydrogens is 440 g/mol. The number of carbonyl (C=O) groups is 3. The molecule has 4 rings (SSSR count). The molecule has 4 N–H and O–H groups in total. The van der Waals surface area contributed by atoms with E-state index in [-0.39, 0.29) is 17.7 Å². The van der Waals surface area contributed by atoms with Gasteiger partial charge in [0.1, 0.15) is 0 Å². The molecule has 204 valence electrons. The summed E-state index contributed by atoms with van der Waals surface area (Å²) in [5.74, 6) is 3.26. The minimum Gasteiger partial charge on any atom is -0.353 e. The number of hydrogen-bond acceptors (Lipinski definition) is 4. The highest BCUT2D eigenvalue weighted by atomic mass is 16.2. The Labute approximate surface area is 214 Å². The third-order valence-electron chi connectivity index (χ3n) is 7.40. The average molecular weight is 495 g/mol. The van der Waals surface area contributed by atoms with Gasteiger partial charge in [-0.25, -0.2) is 0 Å². The molecule has 0 aromatic rings. The van der Waals surface area contributed by atoms with Crippen molar-refractivity contribution in [2.75, 3.05) is 6.54 Å². The predicted octanol–water partition coefficient (Wildman–Crippen LogP) is 4.16. The fourth-order valence-electron chi connectivity index (χ4n) is 4.69. The van der Waals surface area contributed by atoms with Crippen LogP contribution in [-0.4, -0.2) is 48.4 Å². The van der Waals surface area contributed by atoms with Crippen molar-refractivity contribution in [3.05, 3.63) is 0 Å². The molecule has 0 spiro atoms. The SMILES string of the molecule is CC(C)C1CCC(=O)N1.CC(C)[C@@H]1CCC(=O)N1.CC(C)[C@H]1CCC(=O)N1.CC(C)[C@H]1CCCN1. The second-order valence-corrected chi connectivity index (χ2v) is 11.8. The Morgan fingerprint density at radius 2 is 0.829 bits per heavy atom. The summed E-state index contributed by atoms with van der Waals surface area (Å²) in [6.07, 6.45) is 8.01. The summed E-state index contributed by atoms with van der Waals surface area (Å²) in [6, 6.07) is 2.14. The maximum absolute atomic E-state index is 10.6. The van der Waals surface area contributed by atoms with E-state index in [1.165, 1.54) is 19.4 Å². The molecule has 35 heavy (non-hydrogen) atoms. The Bertz CT molecular complexity index is 571. The molecule has 0 aromatic carbocycles. The number of rotatable bonds is 4. The first-order valence-electron chi connectivity index (χ1n) is 14.0. The molecule has 4 atom stereocenters. The van der Waals surface area contributed by atoms with Crippen molar-refractivity contribution < 1.29 is 14.4 Å². The van der Waals surface area contributed by atoms with E-state index in [0.29, 0.717) is 35.9 Å². The number of nitrogens with one attached hydrogen (secondary N) is 4. The molecule has 4 aliphatic rings. The Kier molecular flexibility index (Phi) is 14.5. The molecule has 7 nitrogen and oxygen atoms in total. The lowest BCUT2D eigenvalue weighted by Gasteiger charge is -2.12. The maximum atomic E-state index is 10.6. The van der Waals surface area contributed by atoms with Crippen molar-refractivity contribution in [2.24, 2.45) is 23.7 Å². The zero-order valence-corrected chi connectivity index (χ0v) is 23.7. The Hall–Kier alpha value is -1.63. The smallest absolute Gasteiger partial charge is 0.220 e. The van der Waals surface area contributed by atoms with Gasteiger partial charge in [0.05, 0.1) is 0 Å². The van der Waals surface area contributed by atoms with Crippen molar-refractivity contribution in [3.63, 3.8) is 0 Å². The summed E-state index contributed by atoms with van der Waals surface area (Å²) in [4.78, 5) is 31.9. The van der Waals surface area contributed by atoms with E-state index in [1.807, 2.05) is 0 Å². The second kappa shape index (κ2) is 16.2. The maximum Gasteiger partial charge on any atom is 0.220 e. The number of hydrogen-bond donors (Lipinski definition) is 4. The Morgan fingerprint density at radius 1 is 0.514 bits per heavy atom. The molecule has 1 unspecified atom stereocenters. The molecule has 0 saturated carbocycles. The normalized spacial score (nSPS) is 27.6. The first kappa shape index (κ1) is 31.4. The first-order valence-corrected chi connectivity index (χ1v) is 14.0. The van der Waals surface area contributed by atoms with Crippen LogP contribution in [-0.2, 0) is 14.4 Å². The molecule has 4 aliphatic heterocycles. The van der Waals surface area contributed by atoms with Gasteiger partial charge >= 0.3 is 0 Å². The van der Waals surface area contributed by atoms with E-state index in [0.717, 1.165) is 50.5 Å². The highest BCUT2D eigenvalue weighted by Gasteiger charge is 2.24. The minimum atomic E-state index is 0.216. The van der Waals surface area contributed by atoms with Crippen LogP contribution < -0.4 is 21.3 Å². The summed E-state index contributed by atoms with van der Waals surface area (Å²) in [5.41, 5.74) is 0. The molecule has 4 heterocycles. The summed E-state index contributed by atoms with van der Waals surface area (Å²) in [5, 5.41) is 12.2. The number of carbonyl (C=O) groups excluding carboxylic acids is 3. The fraction of sp³-hybridized carbons (Fsp3) is 0.893. The zero-order valence-electron chi connectivity index (χ0n) is 23.7. The molecule has 7 heteroatoms. The van der Waals surface area contributed by atoms with Crippen LogP contribution in [0.1, 0.15) is 107 Å².